The molecule has 1 fully saturated rings. The van der Waals surface area contributed by atoms with Gasteiger partial charge in [-0.1, -0.05) is 19.3 Å². The van der Waals surface area contributed by atoms with Crippen LogP contribution in [0.5, 0.6) is 0 Å². The largest absolute Gasteiger partial charge is 0.468 e. The van der Waals surface area contributed by atoms with Crippen LogP contribution in [0.4, 0.5) is 4.79 Å². The fraction of sp³-hybridized carbons (Fsp3) is 0.800. The van der Waals surface area contributed by atoms with Gasteiger partial charge in [-0.2, -0.15) is 0 Å². The number of methoxy groups -OCH3 is 1. The van der Waals surface area contributed by atoms with Gasteiger partial charge in [0.1, 0.15) is 0 Å². The quantitative estimate of drug-likeness (QED) is 0.479. The SMILES string of the molecule is COC(=N)NC(=O)NCC1CCCCC1. The number of carbonyl (C=O) groups is 1. The molecular formula is C10H19N3O2. The Labute approximate surface area is 90.1 Å². The first-order valence-electron chi connectivity index (χ1n) is 5.39. The van der Waals surface area contributed by atoms with Crippen LogP contribution in [0.2, 0.25) is 0 Å². The average Bonchev–Trinajstić information content (AvgIpc) is 2.27. The highest BCUT2D eigenvalue weighted by Crippen LogP contribution is 2.22. The van der Waals surface area contributed by atoms with Gasteiger partial charge in [-0.25, -0.2) is 4.79 Å². The molecule has 3 N–H and O–H groups in total. The van der Waals surface area contributed by atoms with E-state index in [4.69, 9.17) is 5.41 Å². The van der Waals surface area contributed by atoms with E-state index in [-0.39, 0.29) is 12.1 Å². The molecule has 0 aromatic heterocycles. The monoisotopic (exact) mass is 213 g/mol. The van der Waals surface area contributed by atoms with E-state index in [1.54, 1.807) is 0 Å². The Morgan fingerprint density at radius 2 is 2.07 bits per heavy atom. The van der Waals surface area contributed by atoms with E-state index in [0.717, 1.165) is 0 Å². The third-order valence-electron chi connectivity index (χ3n) is 2.71. The molecule has 0 aromatic carbocycles. The van der Waals surface area contributed by atoms with E-state index in [1.807, 2.05) is 0 Å². The van der Waals surface area contributed by atoms with Crippen molar-refractivity contribution in [1.82, 2.24) is 10.6 Å². The van der Waals surface area contributed by atoms with Crippen molar-refractivity contribution in [2.75, 3.05) is 13.7 Å². The van der Waals surface area contributed by atoms with Crippen LogP contribution in [0, 0.1) is 11.3 Å². The van der Waals surface area contributed by atoms with E-state index in [0.29, 0.717) is 12.5 Å². The number of amidine groups is 1. The van der Waals surface area contributed by atoms with Crippen molar-refractivity contribution in [3.63, 3.8) is 0 Å². The minimum absolute atomic E-state index is 0.226. The van der Waals surface area contributed by atoms with Gasteiger partial charge in [0.05, 0.1) is 7.11 Å². The lowest BCUT2D eigenvalue weighted by molar-refractivity contribution is 0.237. The molecule has 5 nitrogen and oxygen atoms in total. The molecule has 15 heavy (non-hydrogen) atoms. The Morgan fingerprint density at radius 3 is 2.67 bits per heavy atom. The van der Waals surface area contributed by atoms with E-state index >= 15 is 0 Å². The summed E-state index contributed by atoms with van der Waals surface area (Å²) in [5.74, 6) is 0.598. The van der Waals surface area contributed by atoms with Gasteiger partial charge >= 0.3 is 6.03 Å². The standard InChI is InChI=1S/C10H19N3O2/c1-15-9(11)13-10(14)12-7-8-5-3-2-4-6-8/h8H,2-7H2,1H3,(H3,11,12,13,14). The Balaban J connectivity index is 2.12. The van der Waals surface area contributed by atoms with E-state index in [9.17, 15) is 4.79 Å². The van der Waals surface area contributed by atoms with Crippen LogP contribution in [0.25, 0.3) is 0 Å². The highest BCUT2D eigenvalue weighted by atomic mass is 16.5. The second-order valence-corrected chi connectivity index (χ2v) is 3.87. The number of amides is 2. The van der Waals surface area contributed by atoms with E-state index in [1.165, 1.54) is 39.2 Å². The van der Waals surface area contributed by atoms with Crippen molar-refractivity contribution >= 4 is 12.1 Å². The summed E-state index contributed by atoms with van der Waals surface area (Å²) in [6, 6.07) is -0.580. The maximum absolute atomic E-state index is 11.2. The normalized spacial score (nSPS) is 16.9. The van der Waals surface area contributed by atoms with Crippen LogP contribution >= 0.6 is 0 Å². The van der Waals surface area contributed by atoms with Crippen molar-refractivity contribution in [1.29, 1.82) is 5.41 Å². The minimum Gasteiger partial charge on any atom is -0.468 e. The molecule has 0 aromatic rings. The van der Waals surface area contributed by atoms with Crippen LogP contribution in [0.1, 0.15) is 32.1 Å². The fourth-order valence-electron chi connectivity index (χ4n) is 1.83. The summed E-state index contributed by atoms with van der Waals surface area (Å²) in [6.45, 7) is 0.697. The van der Waals surface area contributed by atoms with Gasteiger partial charge in [0, 0.05) is 6.54 Å². The van der Waals surface area contributed by atoms with Crippen molar-refractivity contribution in [2.45, 2.75) is 32.1 Å². The van der Waals surface area contributed by atoms with Crippen LogP contribution in [-0.4, -0.2) is 25.7 Å². The molecule has 5 heteroatoms. The molecule has 0 spiro atoms. The Hall–Kier alpha value is -1.26. The zero-order chi connectivity index (χ0) is 11.1. The Morgan fingerprint density at radius 1 is 1.40 bits per heavy atom. The molecule has 1 aliphatic carbocycles. The minimum atomic E-state index is -0.354. The lowest BCUT2D eigenvalue weighted by atomic mass is 9.89. The number of carbonyl (C=O) groups excluding carboxylic acids is 1. The number of hydrogen-bond acceptors (Lipinski definition) is 3. The van der Waals surface area contributed by atoms with Crippen LogP contribution in [0.3, 0.4) is 0 Å². The summed E-state index contributed by atoms with van der Waals surface area (Å²) < 4.78 is 4.52. The molecule has 1 saturated carbocycles. The van der Waals surface area contributed by atoms with E-state index in [2.05, 4.69) is 15.4 Å². The number of nitrogens with one attached hydrogen (secondary N) is 3. The molecule has 1 rings (SSSR count). The molecule has 0 unspecified atom stereocenters. The second kappa shape index (κ2) is 6.27. The lowest BCUT2D eigenvalue weighted by Crippen LogP contribution is -2.41. The van der Waals surface area contributed by atoms with Gasteiger partial charge in [0.15, 0.2) is 0 Å². The summed E-state index contributed by atoms with van der Waals surface area (Å²) in [5.41, 5.74) is 0. The van der Waals surface area contributed by atoms with Crippen molar-refractivity contribution in [2.24, 2.45) is 5.92 Å². The summed E-state index contributed by atoms with van der Waals surface area (Å²) in [4.78, 5) is 11.2. The Kier molecular flexibility index (Phi) is 4.93. The van der Waals surface area contributed by atoms with Crippen molar-refractivity contribution in [3.8, 4) is 0 Å². The first-order valence-corrected chi connectivity index (χ1v) is 5.39. The predicted molar refractivity (Wildman–Crippen MR) is 57.8 cm³/mol. The van der Waals surface area contributed by atoms with Gasteiger partial charge in [-0.05, 0) is 18.8 Å². The van der Waals surface area contributed by atoms with Crippen molar-refractivity contribution in [3.05, 3.63) is 0 Å². The van der Waals surface area contributed by atoms with Gasteiger partial charge in [0.2, 0.25) is 0 Å². The second-order valence-electron chi connectivity index (χ2n) is 3.87. The number of ether oxygens (including phenoxy) is 1. The highest BCUT2D eigenvalue weighted by molar-refractivity contribution is 5.91. The fourth-order valence-corrected chi connectivity index (χ4v) is 1.83. The van der Waals surface area contributed by atoms with Gasteiger partial charge < -0.3 is 10.1 Å². The number of rotatable bonds is 2. The van der Waals surface area contributed by atoms with E-state index < -0.39 is 0 Å². The lowest BCUT2D eigenvalue weighted by Gasteiger charge is -2.21. The zero-order valence-electron chi connectivity index (χ0n) is 9.14. The topological polar surface area (TPSA) is 74.2 Å². The molecule has 0 atom stereocenters. The third-order valence-corrected chi connectivity index (χ3v) is 2.71. The van der Waals surface area contributed by atoms with Gasteiger partial charge in [-0.15, -0.1) is 0 Å². The molecule has 86 valence electrons. The molecule has 0 saturated heterocycles. The summed E-state index contributed by atoms with van der Waals surface area (Å²) in [6.07, 6.45) is 6.24. The maximum Gasteiger partial charge on any atom is 0.322 e. The molecule has 2 amide bonds. The predicted octanol–water partition coefficient (Wildman–Crippen LogP) is 1.45. The summed E-state index contributed by atoms with van der Waals surface area (Å²) >= 11 is 0. The van der Waals surface area contributed by atoms with Crippen LogP contribution < -0.4 is 10.6 Å². The summed E-state index contributed by atoms with van der Waals surface area (Å²) in [5, 5.41) is 12.1. The Bertz CT molecular complexity index is 225. The molecule has 0 aliphatic heterocycles. The molecular weight excluding hydrogens is 194 g/mol. The first-order chi connectivity index (χ1) is 7.22. The van der Waals surface area contributed by atoms with Gasteiger partial charge in [0.25, 0.3) is 6.02 Å². The van der Waals surface area contributed by atoms with Gasteiger partial charge in [-0.3, -0.25) is 10.7 Å². The zero-order valence-corrected chi connectivity index (χ0v) is 9.14. The smallest absolute Gasteiger partial charge is 0.322 e. The first kappa shape index (κ1) is 11.8. The molecule has 0 heterocycles. The maximum atomic E-state index is 11.2. The number of hydrogen-bond donors (Lipinski definition) is 3. The molecule has 0 bridgehead atoms. The average molecular weight is 213 g/mol. The molecule has 1 aliphatic rings. The third kappa shape index (κ3) is 4.67. The van der Waals surface area contributed by atoms with Crippen LogP contribution in [-0.2, 0) is 4.74 Å². The molecule has 0 radical (unpaired) electrons. The van der Waals surface area contributed by atoms with Crippen molar-refractivity contribution < 1.29 is 9.53 Å². The number of urea groups is 1. The van der Waals surface area contributed by atoms with Crippen LogP contribution in [0.15, 0.2) is 0 Å². The summed E-state index contributed by atoms with van der Waals surface area (Å²) in [7, 11) is 1.35. The highest BCUT2D eigenvalue weighted by Gasteiger charge is 2.14.